The van der Waals surface area contributed by atoms with Gasteiger partial charge in [-0.2, -0.15) is 5.10 Å². The number of aryl methyl sites for hydroxylation is 1. The minimum Gasteiger partial charge on any atom is -0.394 e. The predicted molar refractivity (Wildman–Crippen MR) is 92.3 cm³/mol. The standard InChI is InChI=1S/C18H30N4O2/c1-4-21-11-16(9-19-21)10-20-7-5-18(6-8-20)12-17(3,14-23)22(13-18)15(2)24/h9,11,23H,4-8,10,12-14H2,1-3H3/t17-/m1/s1. The number of rotatable bonds is 4. The summed E-state index contributed by atoms with van der Waals surface area (Å²) in [6.07, 6.45) is 7.18. The number of carbonyl (C=O) groups is 1. The summed E-state index contributed by atoms with van der Waals surface area (Å²) in [5, 5.41) is 14.2. The molecule has 2 aliphatic heterocycles. The van der Waals surface area contributed by atoms with Gasteiger partial charge in [0, 0.05) is 38.3 Å². The number of hydrogen-bond donors (Lipinski definition) is 1. The number of likely N-dealkylation sites (tertiary alicyclic amines) is 2. The van der Waals surface area contributed by atoms with E-state index in [4.69, 9.17) is 0 Å². The number of hydrogen-bond acceptors (Lipinski definition) is 4. The van der Waals surface area contributed by atoms with Gasteiger partial charge in [-0.25, -0.2) is 0 Å². The Morgan fingerprint density at radius 1 is 1.38 bits per heavy atom. The molecule has 0 bridgehead atoms. The monoisotopic (exact) mass is 334 g/mol. The maximum absolute atomic E-state index is 12.0. The summed E-state index contributed by atoms with van der Waals surface area (Å²) in [5.41, 5.74) is 1.05. The van der Waals surface area contributed by atoms with Gasteiger partial charge < -0.3 is 10.0 Å². The molecule has 1 amide bonds. The average molecular weight is 334 g/mol. The smallest absolute Gasteiger partial charge is 0.219 e. The van der Waals surface area contributed by atoms with Crippen molar-refractivity contribution in [3.8, 4) is 0 Å². The number of piperidine rings is 1. The van der Waals surface area contributed by atoms with Crippen LogP contribution in [0.5, 0.6) is 0 Å². The maximum atomic E-state index is 12.0. The zero-order chi connectivity index (χ0) is 17.4. The van der Waals surface area contributed by atoms with Crippen LogP contribution in [0, 0.1) is 5.41 Å². The van der Waals surface area contributed by atoms with Gasteiger partial charge in [-0.1, -0.05) is 0 Å². The lowest BCUT2D eigenvalue weighted by atomic mass is 9.74. The molecule has 0 unspecified atom stereocenters. The van der Waals surface area contributed by atoms with Crippen LogP contribution in [0.3, 0.4) is 0 Å². The quantitative estimate of drug-likeness (QED) is 0.906. The molecule has 2 aliphatic rings. The molecule has 3 rings (SSSR count). The van der Waals surface area contributed by atoms with Crippen molar-refractivity contribution in [1.82, 2.24) is 19.6 Å². The van der Waals surface area contributed by atoms with E-state index in [0.29, 0.717) is 0 Å². The Morgan fingerprint density at radius 2 is 2.08 bits per heavy atom. The molecule has 0 aliphatic carbocycles. The first-order chi connectivity index (χ1) is 11.4. The molecule has 3 heterocycles. The number of aromatic nitrogens is 2. The van der Waals surface area contributed by atoms with Crippen molar-refractivity contribution in [1.29, 1.82) is 0 Å². The third-order valence-corrected chi connectivity index (χ3v) is 5.96. The SMILES string of the molecule is CCn1cc(CN2CCC3(CC2)CN(C(C)=O)[C@@](C)(CO)C3)cn1. The van der Waals surface area contributed by atoms with Crippen LogP contribution in [-0.2, 0) is 17.9 Å². The fourth-order valence-electron chi connectivity index (χ4n) is 4.56. The third-order valence-electron chi connectivity index (χ3n) is 5.96. The summed E-state index contributed by atoms with van der Waals surface area (Å²) in [7, 11) is 0. The summed E-state index contributed by atoms with van der Waals surface area (Å²) in [6, 6.07) is 0. The first-order valence-corrected chi connectivity index (χ1v) is 9.02. The van der Waals surface area contributed by atoms with Crippen LogP contribution in [0.15, 0.2) is 12.4 Å². The number of aliphatic hydroxyl groups excluding tert-OH is 1. The summed E-state index contributed by atoms with van der Waals surface area (Å²) < 4.78 is 1.97. The Kier molecular flexibility index (Phi) is 4.71. The van der Waals surface area contributed by atoms with Crippen molar-refractivity contribution >= 4 is 5.91 Å². The van der Waals surface area contributed by atoms with E-state index in [2.05, 4.69) is 23.1 Å². The summed E-state index contributed by atoms with van der Waals surface area (Å²) in [5.74, 6) is 0.0813. The van der Waals surface area contributed by atoms with Crippen LogP contribution in [0.25, 0.3) is 0 Å². The second-order valence-electron chi connectivity index (χ2n) is 7.92. The largest absolute Gasteiger partial charge is 0.394 e. The summed E-state index contributed by atoms with van der Waals surface area (Å²) in [4.78, 5) is 16.4. The Morgan fingerprint density at radius 3 is 2.58 bits per heavy atom. The molecule has 1 aromatic heterocycles. The molecular weight excluding hydrogens is 304 g/mol. The molecule has 2 fully saturated rings. The second-order valence-corrected chi connectivity index (χ2v) is 7.92. The van der Waals surface area contributed by atoms with E-state index in [9.17, 15) is 9.90 Å². The van der Waals surface area contributed by atoms with Crippen molar-refractivity contribution in [3.05, 3.63) is 18.0 Å². The molecule has 1 aromatic rings. The van der Waals surface area contributed by atoms with Crippen LogP contribution in [0.4, 0.5) is 0 Å². The lowest BCUT2D eigenvalue weighted by molar-refractivity contribution is -0.134. The van der Waals surface area contributed by atoms with E-state index < -0.39 is 5.54 Å². The lowest BCUT2D eigenvalue weighted by Crippen LogP contribution is -2.46. The number of aliphatic hydroxyl groups is 1. The molecule has 24 heavy (non-hydrogen) atoms. The van der Waals surface area contributed by atoms with Crippen LogP contribution < -0.4 is 0 Å². The zero-order valence-corrected chi connectivity index (χ0v) is 15.2. The Labute approximate surface area is 144 Å². The van der Waals surface area contributed by atoms with Gasteiger partial charge in [0.05, 0.1) is 18.3 Å². The van der Waals surface area contributed by atoms with Gasteiger partial charge in [0.2, 0.25) is 5.91 Å². The van der Waals surface area contributed by atoms with Gasteiger partial charge in [-0.3, -0.25) is 14.4 Å². The molecular formula is C18H30N4O2. The molecule has 134 valence electrons. The molecule has 0 radical (unpaired) electrons. The van der Waals surface area contributed by atoms with Crippen molar-refractivity contribution in [3.63, 3.8) is 0 Å². The molecule has 6 heteroatoms. The highest BCUT2D eigenvalue weighted by molar-refractivity contribution is 5.74. The maximum Gasteiger partial charge on any atom is 0.219 e. The fourth-order valence-corrected chi connectivity index (χ4v) is 4.56. The first kappa shape index (κ1) is 17.4. The normalized spacial score (nSPS) is 27.1. The van der Waals surface area contributed by atoms with Gasteiger partial charge in [-0.05, 0) is 51.6 Å². The number of nitrogens with zero attached hydrogens (tertiary/aromatic N) is 4. The first-order valence-electron chi connectivity index (χ1n) is 9.02. The van der Waals surface area contributed by atoms with E-state index in [-0.39, 0.29) is 17.9 Å². The Hall–Kier alpha value is -1.40. The minimum atomic E-state index is -0.393. The van der Waals surface area contributed by atoms with Crippen LogP contribution in [0.1, 0.15) is 45.6 Å². The molecule has 2 saturated heterocycles. The molecule has 6 nitrogen and oxygen atoms in total. The minimum absolute atomic E-state index is 0.0498. The lowest BCUT2D eigenvalue weighted by Gasteiger charge is -2.39. The highest BCUT2D eigenvalue weighted by Crippen LogP contribution is 2.48. The van der Waals surface area contributed by atoms with Gasteiger partial charge in [0.1, 0.15) is 0 Å². The van der Waals surface area contributed by atoms with Crippen molar-refractivity contribution in [2.45, 2.75) is 58.7 Å². The highest BCUT2D eigenvalue weighted by atomic mass is 16.3. The van der Waals surface area contributed by atoms with E-state index in [1.165, 1.54) is 5.56 Å². The third kappa shape index (κ3) is 3.22. The van der Waals surface area contributed by atoms with E-state index >= 15 is 0 Å². The Bertz CT molecular complexity index is 592. The predicted octanol–water partition coefficient (Wildman–Crippen LogP) is 1.49. The summed E-state index contributed by atoms with van der Waals surface area (Å²) in [6.45, 7) is 10.5. The van der Waals surface area contributed by atoms with Gasteiger partial charge >= 0.3 is 0 Å². The summed E-state index contributed by atoms with van der Waals surface area (Å²) >= 11 is 0. The number of carbonyl (C=O) groups excluding carboxylic acids is 1. The molecule has 1 atom stereocenters. The second kappa shape index (κ2) is 6.48. The molecule has 1 spiro atoms. The van der Waals surface area contributed by atoms with Crippen LogP contribution in [0.2, 0.25) is 0 Å². The average Bonchev–Trinajstić information content (AvgIpc) is 3.13. The van der Waals surface area contributed by atoms with Gasteiger partial charge in [0.25, 0.3) is 0 Å². The number of amides is 1. The molecule has 0 aromatic carbocycles. The fraction of sp³-hybridized carbons (Fsp3) is 0.778. The van der Waals surface area contributed by atoms with E-state index in [1.54, 1.807) is 6.92 Å². The van der Waals surface area contributed by atoms with Crippen molar-refractivity contribution in [2.24, 2.45) is 5.41 Å². The van der Waals surface area contributed by atoms with Crippen molar-refractivity contribution < 1.29 is 9.90 Å². The van der Waals surface area contributed by atoms with Gasteiger partial charge in [-0.15, -0.1) is 0 Å². The molecule has 1 N–H and O–H groups in total. The highest BCUT2D eigenvalue weighted by Gasteiger charge is 2.52. The topological polar surface area (TPSA) is 61.6 Å². The van der Waals surface area contributed by atoms with Crippen LogP contribution >= 0.6 is 0 Å². The van der Waals surface area contributed by atoms with Crippen LogP contribution in [-0.4, -0.2) is 62.4 Å². The van der Waals surface area contributed by atoms with E-state index in [0.717, 1.165) is 52.0 Å². The zero-order valence-electron chi connectivity index (χ0n) is 15.2. The van der Waals surface area contributed by atoms with Crippen molar-refractivity contribution in [2.75, 3.05) is 26.2 Å². The Balaban J connectivity index is 1.61. The van der Waals surface area contributed by atoms with Gasteiger partial charge in [0.15, 0.2) is 0 Å². The van der Waals surface area contributed by atoms with E-state index in [1.807, 2.05) is 22.7 Å². The molecule has 0 saturated carbocycles.